The molecule has 8 heteroatoms. The first-order chi connectivity index (χ1) is 14.3. The summed E-state index contributed by atoms with van der Waals surface area (Å²) < 4.78 is 27.2. The second-order valence-electron chi connectivity index (χ2n) is 7.41. The van der Waals surface area contributed by atoms with Gasteiger partial charge in [-0.2, -0.15) is 4.31 Å². The second kappa shape index (κ2) is 9.40. The molecule has 0 unspecified atom stereocenters. The molecule has 2 amide bonds. The van der Waals surface area contributed by atoms with Crippen molar-refractivity contribution in [3.8, 4) is 0 Å². The number of carbonyl (C=O) groups is 2. The Bertz CT molecular complexity index is 1010. The maximum absolute atomic E-state index is 12.9. The van der Waals surface area contributed by atoms with Crippen molar-refractivity contribution in [2.45, 2.75) is 44.0 Å². The monoisotopic (exact) mass is 429 g/mol. The number of sulfonamides is 1. The van der Waals surface area contributed by atoms with E-state index < -0.39 is 10.0 Å². The van der Waals surface area contributed by atoms with Crippen LogP contribution in [0.5, 0.6) is 0 Å². The molecule has 1 aliphatic rings. The van der Waals surface area contributed by atoms with E-state index in [1.165, 1.54) is 11.2 Å². The van der Waals surface area contributed by atoms with Gasteiger partial charge in [-0.05, 0) is 55.2 Å². The number of aryl methyl sites for hydroxylation is 1. The molecule has 1 aliphatic heterocycles. The van der Waals surface area contributed by atoms with E-state index in [-0.39, 0.29) is 17.9 Å². The molecule has 0 bridgehead atoms. The van der Waals surface area contributed by atoms with Gasteiger partial charge < -0.3 is 10.6 Å². The third-order valence-corrected chi connectivity index (χ3v) is 7.12. The molecule has 0 saturated carbocycles. The van der Waals surface area contributed by atoms with E-state index in [0.29, 0.717) is 42.1 Å². The van der Waals surface area contributed by atoms with Gasteiger partial charge in [0.2, 0.25) is 15.9 Å². The largest absolute Gasteiger partial charge is 0.349 e. The van der Waals surface area contributed by atoms with Crippen LogP contribution in [0.15, 0.2) is 53.4 Å². The summed E-state index contributed by atoms with van der Waals surface area (Å²) in [6.45, 7) is 4.15. The quantitative estimate of drug-likeness (QED) is 0.738. The predicted octanol–water partition coefficient (Wildman–Crippen LogP) is 2.79. The average Bonchev–Trinajstić information content (AvgIpc) is 2.74. The zero-order valence-corrected chi connectivity index (χ0v) is 18.0. The number of hydrogen-bond donors (Lipinski definition) is 2. The lowest BCUT2D eigenvalue weighted by molar-refractivity contribution is -0.114. The predicted molar refractivity (Wildman–Crippen MR) is 116 cm³/mol. The summed E-state index contributed by atoms with van der Waals surface area (Å²) in [5.41, 5.74) is 2.11. The van der Waals surface area contributed by atoms with Crippen LogP contribution in [0.25, 0.3) is 0 Å². The minimum absolute atomic E-state index is 0.101. The van der Waals surface area contributed by atoms with E-state index in [0.717, 1.165) is 12.0 Å². The summed E-state index contributed by atoms with van der Waals surface area (Å²) in [5.74, 6) is -0.441. The van der Waals surface area contributed by atoms with Gasteiger partial charge in [-0.3, -0.25) is 9.59 Å². The molecule has 1 saturated heterocycles. The molecule has 2 aromatic rings. The molecule has 0 spiro atoms. The lowest BCUT2D eigenvalue weighted by Crippen LogP contribution is -2.46. The SMILES string of the molecule is CCc1ccc(S(=O)(=O)N2CCC(NC(=O)c3cccc(NC(C)=O)c3)CC2)cc1. The highest BCUT2D eigenvalue weighted by atomic mass is 32.2. The Morgan fingerprint density at radius 3 is 2.33 bits per heavy atom. The minimum atomic E-state index is -3.53. The molecular formula is C22H27N3O4S. The summed E-state index contributed by atoms with van der Waals surface area (Å²) in [4.78, 5) is 24.1. The fourth-order valence-corrected chi connectivity index (χ4v) is 4.97. The van der Waals surface area contributed by atoms with Gasteiger partial charge in [0.25, 0.3) is 5.91 Å². The number of hydrogen-bond acceptors (Lipinski definition) is 4. The van der Waals surface area contributed by atoms with Gasteiger partial charge >= 0.3 is 0 Å². The van der Waals surface area contributed by atoms with E-state index in [2.05, 4.69) is 10.6 Å². The third-order valence-electron chi connectivity index (χ3n) is 5.20. The Labute approximate surface area is 177 Å². The first-order valence-electron chi connectivity index (χ1n) is 10.1. The third kappa shape index (κ3) is 5.25. The topological polar surface area (TPSA) is 95.6 Å². The first-order valence-corrected chi connectivity index (χ1v) is 11.5. The Kier molecular flexibility index (Phi) is 6.89. The average molecular weight is 430 g/mol. The number of benzene rings is 2. The second-order valence-corrected chi connectivity index (χ2v) is 9.35. The molecule has 2 aromatic carbocycles. The fraction of sp³-hybridized carbons (Fsp3) is 0.364. The lowest BCUT2D eigenvalue weighted by Gasteiger charge is -2.31. The van der Waals surface area contributed by atoms with Crippen molar-refractivity contribution in [3.63, 3.8) is 0 Å². The van der Waals surface area contributed by atoms with Gasteiger partial charge in [-0.15, -0.1) is 0 Å². The highest BCUT2D eigenvalue weighted by Gasteiger charge is 2.30. The Balaban J connectivity index is 1.58. The molecule has 30 heavy (non-hydrogen) atoms. The van der Waals surface area contributed by atoms with Gasteiger partial charge in [0, 0.05) is 37.3 Å². The Hall–Kier alpha value is -2.71. The van der Waals surface area contributed by atoms with Crippen LogP contribution in [0.3, 0.4) is 0 Å². The van der Waals surface area contributed by atoms with Crippen LogP contribution in [0, 0.1) is 0 Å². The van der Waals surface area contributed by atoms with Crippen molar-refractivity contribution in [1.82, 2.24) is 9.62 Å². The van der Waals surface area contributed by atoms with Gasteiger partial charge in [0.05, 0.1) is 4.90 Å². The van der Waals surface area contributed by atoms with E-state index in [4.69, 9.17) is 0 Å². The maximum Gasteiger partial charge on any atom is 0.251 e. The molecule has 0 radical (unpaired) electrons. The summed E-state index contributed by atoms with van der Waals surface area (Å²) in [6, 6.07) is 13.6. The molecule has 0 aromatic heterocycles. The molecule has 2 N–H and O–H groups in total. The molecule has 3 rings (SSSR count). The molecular weight excluding hydrogens is 402 g/mol. The van der Waals surface area contributed by atoms with Crippen molar-refractivity contribution in [2.75, 3.05) is 18.4 Å². The fourth-order valence-electron chi connectivity index (χ4n) is 3.50. The van der Waals surface area contributed by atoms with Gasteiger partial charge in [0.1, 0.15) is 0 Å². The molecule has 0 aliphatic carbocycles. The van der Waals surface area contributed by atoms with Crippen molar-refractivity contribution < 1.29 is 18.0 Å². The number of piperidine rings is 1. The number of carbonyl (C=O) groups excluding carboxylic acids is 2. The zero-order chi connectivity index (χ0) is 21.7. The highest BCUT2D eigenvalue weighted by Crippen LogP contribution is 2.22. The van der Waals surface area contributed by atoms with E-state index in [1.807, 2.05) is 19.1 Å². The molecule has 0 atom stereocenters. The highest BCUT2D eigenvalue weighted by molar-refractivity contribution is 7.89. The number of nitrogens with one attached hydrogen (secondary N) is 2. The zero-order valence-electron chi connectivity index (χ0n) is 17.2. The summed E-state index contributed by atoms with van der Waals surface area (Å²) >= 11 is 0. The van der Waals surface area contributed by atoms with Gasteiger partial charge in [0.15, 0.2) is 0 Å². The van der Waals surface area contributed by atoms with Crippen LogP contribution in [-0.4, -0.2) is 43.7 Å². The van der Waals surface area contributed by atoms with Gasteiger partial charge in [-0.1, -0.05) is 25.1 Å². The molecule has 160 valence electrons. The summed E-state index contributed by atoms with van der Waals surface area (Å²) in [5, 5.41) is 5.63. The van der Waals surface area contributed by atoms with Crippen LogP contribution in [0.2, 0.25) is 0 Å². The maximum atomic E-state index is 12.9. The number of rotatable bonds is 6. The smallest absolute Gasteiger partial charge is 0.251 e. The van der Waals surface area contributed by atoms with E-state index in [9.17, 15) is 18.0 Å². The van der Waals surface area contributed by atoms with Crippen molar-refractivity contribution in [1.29, 1.82) is 0 Å². The molecule has 1 heterocycles. The molecule has 1 fully saturated rings. The first kappa shape index (κ1) is 22.0. The van der Waals surface area contributed by atoms with Crippen LogP contribution in [-0.2, 0) is 21.2 Å². The Morgan fingerprint density at radius 2 is 1.73 bits per heavy atom. The standard InChI is InChI=1S/C22H27N3O4S/c1-3-17-7-9-21(10-8-17)30(28,29)25-13-11-19(12-14-25)24-22(27)18-5-4-6-20(15-18)23-16(2)26/h4-10,15,19H,3,11-14H2,1-2H3,(H,23,26)(H,24,27). The van der Waals surface area contributed by atoms with Crippen molar-refractivity contribution >= 4 is 27.5 Å². The number of nitrogens with zero attached hydrogens (tertiary/aromatic N) is 1. The Morgan fingerprint density at radius 1 is 1.07 bits per heavy atom. The molecule has 7 nitrogen and oxygen atoms in total. The van der Waals surface area contributed by atoms with E-state index in [1.54, 1.807) is 36.4 Å². The van der Waals surface area contributed by atoms with Crippen LogP contribution in [0.4, 0.5) is 5.69 Å². The summed E-state index contributed by atoms with van der Waals surface area (Å²) in [7, 11) is -3.53. The number of amides is 2. The normalized spacial score (nSPS) is 15.5. The summed E-state index contributed by atoms with van der Waals surface area (Å²) in [6.07, 6.45) is 1.95. The van der Waals surface area contributed by atoms with Crippen molar-refractivity contribution in [3.05, 3.63) is 59.7 Å². The van der Waals surface area contributed by atoms with Crippen LogP contribution in [0.1, 0.15) is 42.6 Å². The van der Waals surface area contributed by atoms with Gasteiger partial charge in [-0.25, -0.2) is 8.42 Å². The van der Waals surface area contributed by atoms with Crippen LogP contribution >= 0.6 is 0 Å². The minimum Gasteiger partial charge on any atom is -0.349 e. The van der Waals surface area contributed by atoms with Crippen molar-refractivity contribution in [2.24, 2.45) is 0 Å². The number of anilines is 1. The van der Waals surface area contributed by atoms with Crippen LogP contribution < -0.4 is 10.6 Å². The lowest BCUT2D eigenvalue weighted by atomic mass is 10.1. The van der Waals surface area contributed by atoms with E-state index >= 15 is 0 Å².